The monoisotopic (exact) mass is 525 g/mol. The van der Waals surface area contributed by atoms with Gasteiger partial charge in [-0.05, 0) is 29.8 Å². The van der Waals surface area contributed by atoms with Gasteiger partial charge in [0.05, 0.1) is 33.4 Å². The molecule has 3 heterocycles. The maximum absolute atomic E-state index is 13.9. The van der Waals surface area contributed by atoms with Gasteiger partial charge in [-0.1, -0.05) is 36.4 Å². The number of fused-ring (bicyclic) bond motifs is 5. The molecule has 0 spiro atoms. The number of nitro benzene ring substituents is 2. The second-order valence-electron chi connectivity index (χ2n) is 9.39. The second kappa shape index (κ2) is 8.87. The SMILES string of the molecule is O=C(Nc1ccc([N+](=O)[O-])cc1)[C@@H]1[C@H]2C(=O)N(c3cccc([N+](=O)[O-])c3)C(=O)[C@@H]2[C@@H]2C=Cc3ccccc3N12. The van der Waals surface area contributed by atoms with Gasteiger partial charge in [0.1, 0.15) is 6.04 Å². The van der Waals surface area contributed by atoms with Crippen molar-refractivity contribution in [2.75, 3.05) is 15.1 Å². The first kappa shape index (κ1) is 24.0. The lowest BCUT2D eigenvalue weighted by Crippen LogP contribution is -2.50. The van der Waals surface area contributed by atoms with Gasteiger partial charge in [0.2, 0.25) is 17.7 Å². The number of carbonyl (C=O) groups is 3. The molecule has 4 atom stereocenters. The minimum absolute atomic E-state index is 0.0647. The number of para-hydroxylation sites is 1. The molecule has 0 unspecified atom stereocenters. The lowest BCUT2D eigenvalue weighted by molar-refractivity contribution is -0.385. The molecule has 0 aromatic heterocycles. The molecule has 12 heteroatoms. The van der Waals surface area contributed by atoms with E-state index in [0.717, 1.165) is 16.5 Å². The van der Waals surface area contributed by atoms with Crippen molar-refractivity contribution < 1.29 is 24.2 Å². The average Bonchev–Trinajstić information content (AvgIpc) is 3.41. The van der Waals surface area contributed by atoms with Crippen LogP contribution in [0.3, 0.4) is 0 Å². The highest BCUT2D eigenvalue weighted by Gasteiger charge is 2.64. The molecule has 0 saturated carbocycles. The number of imide groups is 1. The maximum atomic E-state index is 13.9. The molecule has 39 heavy (non-hydrogen) atoms. The van der Waals surface area contributed by atoms with E-state index in [9.17, 15) is 34.6 Å². The van der Waals surface area contributed by atoms with E-state index in [0.29, 0.717) is 11.4 Å². The minimum Gasteiger partial charge on any atom is -0.351 e. The minimum atomic E-state index is -1.10. The zero-order chi connectivity index (χ0) is 27.4. The molecule has 12 nitrogen and oxygen atoms in total. The van der Waals surface area contributed by atoms with E-state index in [4.69, 9.17) is 0 Å². The van der Waals surface area contributed by atoms with Gasteiger partial charge in [0, 0.05) is 35.6 Å². The van der Waals surface area contributed by atoms with Crippen LogP contribution in [-0.4, -0.2) is 39.7 Å². The summed E-state index contributed by atoms with van der Waals surface area (Å²) in [6.07, 6.45) is 3.64. The van der Waals surface area contributed by atoms with Crippen molar-refractivity contribution in [2.45, 2.75) is 12.1 Å². The molecule has 1 N–H and O–H groups in total. The first-order valence-corrected chi connectivity index (χ1v) is 12.0. The molecule has 3 aliphatic rings. The number of nitro groups is 2. The lowest BCUT2D eigenvalue weighted by atomic mass is 9.88. The van der Waals surface area contributed by atoms with Gasteiger partial charge in [-0.3, -0.25) is 34.6 Å². The fourth-order valence-corrected chi connectivity index (χ4v) is 5.70. The third-order valence-electron chi connectivity index (χ3n) is 7.33. The molecular weight excluding hydrogens is 506 g/mol. The summed E-state index contributed by atoms with van der Waals surface area (Å²) in [6.45, 7) is 0. The number of nitrogens with zero attached hydrogens (tertiary/aromatic N) is 4. The van der Waals surface area contributed by atoms with Gasteiger partial charge in [-0.25, -0.2) is 4.90 Å². The number of carbonyl (C=O) groups excluding carboxylic acids is 3. The average molecular weight is 525 g/mol. The van der Waals surface area contributed by atoms with E-state index < -0.39 is 51.5 Å². The Hall–Kier alpha value is -5.39. The second-order valence-corrected chi connectivity index (χ2v) is 9.39. The summed E-state index contributed by atoms with van der Waals surface area (Å²) >= 11 is 0. The fraction of sp³-hybridized carbons (Fsp3) is 0.148. The molecule has 3 aromatic carbocycles. The molecule has 0 radical (unpaired) electrons. The van der Waals surface area contributed by atoms with Crippen molar-refractivity contribution in [1.82, 2.24) is 0 Å². The highest BCUT2D eigenvalue weighted by molar-refractivity contribution is 6.25. The Morgan fingerprint density at radius 1 is 0.821 bits per heavy atom. The predicted octanol–water partition coefficient (Wildman–Crippen LogP) is 3.53. The summed E-state index contributed by atoms with van der Waals surface area (Å²) in [4.78, 5) is 65.3. The van der Waals surface area contributed by atoms with Crippen molar-refractivity contribution in [3.8, 4) is 0 Å². The van der Waals surface area contributed by atoms with Gasteiger partial charge in [-0.2, -0.15) is 0 Å². The van der Waals surface area contributed by atoms with Crippen molar-refractivity contribution in [1.29, 1.82) is 0 Å². The first-order chi connectivity index (χ1) is 18.8. The standard InChI is InChI=1S/C27H19N5O7/c33-25(28-16-9-11-17(12-10-16)31(36)37)24-23-22(21-13-8-15-4-1-2-7-20(15)30(21)24)26(34)29(27(23)35)18-5-3-6-19(14-18)32(38)39/h1-14,21-24H,(H,28,33)/t21-,22+,23-,24-/m0/s1. The van der Waals surface area contributed by atoms with Crippen LogP contribution in [-0.2, 0) is 14.4 Å². The Morgan fingerprint density at radius 3 is 2.23 bits per heavy atom. The highest BCUT2D eigenvalue weighted by atomic mass is 16.6. The molecule has 3 aliphatic heterocycles. The smallest absolute Gasteiger partial charge is 0.271 e. The number of hydrogen-bond donors (Lipinski definition) is 1. The first-order valence-electron chi connectivity index (χ1n) is 12.0. The Balaban J connectivity index is 1.41. The molecule has 6 rings (SSSR count). The normalized spacial score (nSPS) is 22.8. The Morgan fingerprint density at radius 2 is 1.51 bits per heavy atom. The number of non-ortho nitro benzene ring substituents is 2. The van der Waals surface area contributed by atoms with Crippen molar-refractivity contribution in [2.24, 2.45) is 11.8 Å². The zero-order valence-electron chi connectivity index (χ0n) is 20.0. The van der Waals surface area contributed by atoms with Crippen LogP contribution in [0.1, 0.15) is 5.56 Å². The van der Waals surface area contributed by atoms with Gasteiger partial charge >= 0.3 is 0 Å². The van der Waals surface area contributed by atoms with Crippen LogP contribution in [0.4, 0.5) is 28.4 Å². The Kier molecular flexibility index (Phi) is 5.45. The summed E-state index contributed by atoms with van der Waals surface area (Å²) in [7, 11) is 0. The maximum Gasteiger partial charge on any atom is 0.271 e. The van der Waals surface area contributed by atoms with Crippen molar-refractivity contribution in [3.05, 3.63) is 105 Å². The number of amides is 3. The topological polar surface area (TPSA) is 156 Å². The molecule has 3 aromatic rings. The van der Waals surface area contributed by atoms with E-state index in [2.05, 4.69) is 5.32 Å². The number of anilines is 3. The third-order valence-corrected chi connectivity index (χ3v) is 7.33. The van der Waals surface area contributed by atoms with E-state index >= 15 is 0 Å². The number of hydrogen-bond acceptors (Lipinski definition) is 8. The van der Waals surface area contributed by atoms with Gasteiger partial charge in [-0.15, -0.1) is 0 Å². The molecule has 2 saturated heterocycles. The van der Waals surface area contributed by atoms with E-state index in [1.54, 1.807) is 17.0 Å². The van der Waals surface area contributed by atoms with Crippen LogP contribution in [0.15, 0.2) is 78.9 Å². The quantitative estimate of drug-likeness (QED) is 0.301. The van der Waals surface area contributed by atoms with Gasteiger partial charge in [0.15, 0.2) is 0 Å². The highest BCUT2D eigenvalue weighted by Crippen LogP contribution is 2.49. The number of benzene rings is 3. The molecule has 194 valence electrons. The van der Waals surface area contributed by atoms with E-state index in [1.807, 2.05) is 24.3 Å². The van der Waals surface area contributed by atoms with Crippen molar-refractivity contribution in [3.63, 3.8) is 0 Å². The molecule has 3 amide bonds. The van der Waals surface area contributed by atoms with E-state index in [1.165, 1.54) is 42.5 Å². The van der Waals surface area contributed by atoms with Gasteiger partial charge in [0.25, 0.3) is 11.4 Å². The summed E-state index contributed by atoms with van der Waals surface area (Å²) in [5.74, 6) is -3.72. The summed E-state index contributed by atoms with van der Waals surface area (Å²) in [5.41, 5.74) is 1.44. The lowest BCUT2D eigenvalue weighted by Gasteiger charge is -2.36. The zero-order valence-corrected chi connectivity index (χ0v) is 20.0. The summed E-state index contributed by atoms with van der Waals surface area (Å²) in [6, 6.07) is 16.1. The van der Waals surface area contributed by atoms with Crippen LogP contribution in [0.2, 0.25) is 0 Å². The Bertz CT molecular complexity index is 1600. The van der Waals surface area contributed by atoms with Crippen LogP contribution in [0.5, 0.6) is 0 Å². The molecule has 0 aliphatic carbocycles. The van der Waals surface area contributed by atoms with Crippen LogP contribution < -0.4 is 15.1 Å². The predicted molar refractivity (Wildman–Crippen MR) is 140 cm³/mol. The molecule has 0 bridgehead atoms. The van der Waals surface area contributed by atoms with Crippen LogP contribution in [0.25, 0.3) is 6.08 Å². The fourth-order valence-electron chi connectivity index (χ4n) is 5.70. The van der Waals surface area contributed by atoms with Crippen LogP contribution >= 0.6 is 0 Å². The van der Waals surface area contributed by atoms with E-state index in [-0.39, 0.29) is 17.1 Å². The Labute approximate surface area is 220 Å². The number of nitrogens with one attached hydrogen (secondary N) is 1. The third kappa shape index (κ3) is 3.72. The summed E-state index contributed by atoms with van der Waals surface area (Å²) in [5, 5.41) is 25.1. The van der Waals surface area contributed by atoms with Crippen molar-refractivity contribution >= 4 is 52.2 Å². The number of rotatable bonds is 5. The molecular formula is C27H19N5O7. The largest absolute Gasteiger partial charge is 0.351 e. The summed E-state index contributed by atoms with van der Waals surface area (Å²) < 4.78 is 0. The van der Waals surface area contributed by atoms with Gasteiger partial charge < -0.3 is 10.2 Å². The molecule has 2 fully saturated rings. The van der Waals surface area contributed by atoms with Crippen LogP contribution in [0, 0.1) is 32.1 Å².